The number of nitrogens with one attached hydrogen (secondary N) is 2. The number of piperazine rings is 1. The van der Waals surface area contributed by atoms with Gasteiger partial charge in [-0.05, 0) is 0 Å². The summed E-state index contributed by atoms with van der Waals surface area (Å²) < 4.78 is 4.40. The summed E-state index contributed by atoms with van der Waals surface area (Å²) in [5.74, 6) is -0.856. The van der Waals surface area contributed by atoms with Crippen molar-refractivity contribution in [1.29, 1.82) is 0 Å². The van der Waals surface area contributed by atoms with Gasteiger partial charge in [-0.25, -0.2) is 4.79 Å². The molecule has 0 saturated carbocycles. The zero-order valence-electron chi connectivity index (χ0n) is 6.22. The second-order valence-corrected chi connectivity index (χ2v) is 2.20. The lowest BCUT2D eigenvalue weighted by Crippen LogP contribution is -2.56. The van der Waals surface area contributed by atoms with E-state index in [0.717, 1.165) is 0 Å². The molecule has 1 aliphatic rings. The van der Waals surface area contributed by atoms with E-state index in [0.29, 0.717) is 13.1 Å². The fourth-order valence-electron chi connectivity index (χ4n) is 0.905. The molecular formula is C6H10N2O3. The minimum atomic E-state index is -0.825. The van der Waals surface area contributed by atoms with Crippen molar-refractivity contribution in [2.24, 2.45) is 0 Å². The average Bonchev–Trinajstić information content (AvgIpc) is 2.04. The molecule has 1 heterocycles. The van der Waals surface area contributed by atoms with Crippen molar-refractivity contribution >= 4 is 11.9 Å². The van der Waals surface area contributed by atoms with E-state index in [1.807, 2.05) is 0 Å². The van der Waals surface area contributed by atoms with Gasteiger partial charge in [-0.15, -0.1) is 0 Å². The van der Waals surface area contributed by atoms with Crippen LogP contribution in [-0.4, -0.2) is 38.1 Å². The van der Waals surface area contributed by atoms with Gasteiger partial charge >= 0.3 is 5.97 Å². The summed E-state index contributed by atoms with van der Waals surface area (Å²) in [6, 6.07) is -0.825. The van der Waals surface area contributed by atoms with Crippen LogP contribution in [0.5, 0.6) is 0 Å². The SMILES string of the molecule is COC(=O)[C@@H]1NCCNC1=O. The summed E-state index contributed by atoms with van der Waals surface area (Å²) >= 11 is 0. The highest BCUT2D eigenvalue weighted by atomic mass is 16.5. The Hall–Kier alpha value is -1.10. The van der Waals surface area contributed by atoms with Crippen LogP contribution >= 0.6 is 0 Å². The number of ether oxygens (including phenoxy) is 1. The quantitative estimate of drug-likeness (QED) is 0.350. The van der Waals surface area contributed by atoms with Crippen molar-refractivity contribution in [3.8, 4) is 0 Å². The molecule has 0 spiro atoms. The number of methoxy groups -OCH3 is 1. The molecule has 0 radical (unpaired) electrons. The lowest BCUT2D eigenvalue weighted by molar-refractivity contribution is -0.147. The first-order chi connectivity index (χ1) is 5.25. The molecule has 1 amide bonds. The first-order valence-electron chi connectivity index (χ1n) is 3.34. The van der Waals surface area contributed by atoms with Crippen LogP contribution in [0.25, 0.3) is 0 Å². The second-order valence-electron chi connectivity index (χ2n) is 2.20. The average molecular weight is 158 g/mol. The number of carbonyl (C=O) groups is 2. The van der Waals surface area contributed by atoms with Gasteiger partial charge in [0.25, 0.3) is 0 Å². The minimum absolute atomic E-state index is 0.317. The maximum absolute atomic E-state index is 10.9. The van der Waals surface area contributed by atoms with Crippen LogP contribution in [0.3, 0.4) is 0 Å². The van der Waals surface area contributed by atoms with Gasteiger partial charge in [0, 0.05) is 13.1 Å². The molecule has 0 aromatic heterocycles. The molecule has 1 rings (SSSR count). The van der Waals surface area contributed by atoms with E-state index in [1.54, 1.807) is 0 Å². The smallest absolute Gasteiger partial charge is 0.332 e. The largest absolute Gasteiger partial charge is 0.467 e. The van der Waals surface area contributed by atoms with Crippen molar-refractivity contribution in [3.63, 3.8) is 0 Å². The highest BCUT2D eigenvalue weighted by Gasteiger charge is 2.28. The van der Waals surface area contributed by atoms with Gasteiger partial charge in [0.05, 0.1) is 7.11 Å². The van der Waals surface area contributed by atoms with E-state index in [2.05, 4.69) is 15.4 Å². The Bertz CT molecular complexity index is 173. The lowest BCUT2D eigenvalue weighted by atomic mass is 10.2. The summed E-state index contributed by atoms with van der Waals surface area (Å²) in [5, 5.41) is 5.28. The van der Waals surface area contributed by atoms with Crippen LogP contribution in [0.2, 0.25) is 0 Å². The number of carbonyl (C=O) groups excluding carboxylic acids is 2. The molecule has 0 aliphatic carbocycles. The van der Waals surface area contributed by atoms with E-state index in [1.165, 1.54) is 7.11 Å². The topological polar surface area (TPSA) is 67.4 Å². The number of hydrogen-bond donors (Lipinski definition) is 2. The van der Waals surface area contributed by atoms with E-state index < -0.39 is 12.0 Å². The predicted octanol–water partition coefficient (Wildman–Crippen LogP) is -1.75. The van der Waals surface area contributed by atoms with E-state index in [-0.39, 0.29) is 5.91 Å². The third kappa shape index (κ3) is 1.68. The molecule has 1 atom stereocenters. The fourth-order valence-corrected chi connectivity index (χ4v) is 0.905. The van der Waals surface area contributed by atoms with Gasteiger partial charge < -0.3 is 10.1 Å². The Balaban J connectivity index is 2.54. The molecule has 0 bridgehead atoms. The molecule has 0 aromatic rings. The van der Waals surface area contributed by atoms with Crippen LogP contribution in [0, 0.1) is 0 Å². The normalized spacial score (nSPS) is 24.1. The van der Waals surface area contributed by atoms with E-state index in [4.69, 9.17) is 0 Å². The molecule has 62 valence electrons. The van der Waals surface area contributed by atoms with E-state index in [9.17, 15) is 9.59 Å². The Morgan fingerprint density at radius 2 is 2.36 bits per heavy atom. The molecule has 2 N–H and O–H groups in total. The van der Waals surface area contributed by atoms with Crippen LogP contribution < -0.4 is 10.6 Å². The Morgan fingerprint density at radius 3 is 2.91 bits per heavy atom. The van der Waals surface area contributed by atoms with Gasteiger partial charge in [-0.3, -0.25) is 10.1 Å². The van der Waals surface area contributed by atoms with Gasteiger partial charge in [0.1, 0.15) is 0 Å². The molecule has 5 heteroatoms. The van der Waals surface area contributed by atoms with Crippen LogP contribution in [0.15, 0.2) is 0 Å². The zero-order valence-corrected chi connectivity index (χ0v) is 6.22. The van der Waals surface area contributed by atoms with Crippen molar-refractivity contribution in [3.05, 3.63) is 0 Å². The molecule has 1 aliphatic heterocycles. The van der Waals surface area contributed by atoms with Crippen molar-refractivity contribution in [1.82, 2.24) is 10.6 Å². The Kier molecular flexibility index (Phi) is 2.43. The zero-order chi connectivity index (χ0) is 8.27. The van der Waals surface area contributed by atoms with Crippen molar-refractivity contribution in [2.75, 3.05) is 20.2 Å². The van der Waals surface area contributed by atoms with Gasteiger partial charge in [0.2, 0.25) is 5.91 Å². The highest BCUT2D eigenvalue weighted by molar-refractivity contribution is 6.02. The van der Waals surface area contributed by atoms with Crippen LogP contribution in [0.1, 0.15) is 0 Å². The lowest BCUT2D eigenvalue weighted by Gasteiger charge is -2.20. The highest BCUT2D eigenvalue weighted by Crippen LogP contribution is 1.91. The Morgan fingerprint density at radius 1 is 1.64 bits per heavy atom. The monoisotopic (exact) mass is 158 g/mol. The van der Waals surface area contributed by atoms with Gasteiger partial charge in [-0.1, -0.05) is 0 Å². The predicted molar refractivity (Wildman–Crippen MR) is 36.8 cm³/mol. The molecule has 1 fully saturated rings. The maximum Gasteiger partial charge on any atom is 0.332 e. The number of hydrogen-bond acceptors (Lipinski definition) is 4. The number of rotatable bonds is 1. The summed E-state index contributed by atoms with van der Waals surface area (Å²) in [6.45, 7) is 1.16. The Labute approximate surface area is 64.1 Å². The number of esters is 1. The molecule has 1 saturated heterocycles. The molecule has 5 nitrogen and oxygen atoms in total. The third-order valence-electron chi connectivity index (χ3n) is 1.47. The summed E-state index contributed by atoms with van der Waals surface area (Å²) in [4.78, 5) is 21.8. The molecule has 0 unspecified atom stereocenters. The standard InChI is InChI=1S/C6H10N2O3/c1-11-6(10)4-5(9)8-3-2-7-4/h4,7H,2-3H2,1H3,(H,8,9)/t4-/m1/s1. The minimum Gasteiger partial charge on any atom is -0.467 e. The van der Waals surface area contributed by atoms with Crippen molar-refractivity contribution < 1.29 is 14.3 Å². The molecular weight excluding hydrogens is 148 g/mol. The van der Waals surface area contributed by atoms with Crippen LogP contribution in [-0.2, 0) is 14.3 Å². The van der Waals surface area contributed by atoms with Crippen LogP contribution in [0.4, 0.5) is 0 Å². The molecule has 11 heavy (non-hydrogen) atoms. The number of amides is 1. The first kappa shape index (κ1) is 8.00. The van der Waals surface area contributed by atoms with Gasteiger partial charge in [-0.2, -0.15) is 0 Å². The first-order valence-corrected chi connectivity index (χ1v) is 3.34. The third-order valence-corrected chi connectivity index (χ3v) is 1.47. The summed E-state index contributed by atoms with van der Waals surface area (Å²) in [6.07, 6.45) is 0. The van der Waals surface area contributed by atoms with E-state index >= 15 is 0 Å². The van der Waals surface area contributed by atoms with Gasteiger partial charge in [0.15, 0.2) is 6.04 Å². The molecule has 0 aromatic carbocycles. The fraction of sp³-hybridized carbons (Fsp3) is 0.667. The summed E-state index contributed by atoms with van der Waals surface area (Å²) in [5.41, 5.74) is 0. The summed E-state index contributed by atoms with van der Waals surface area (Å²) in [7, 11) is 1.26. The second kappa shape index (κ2) is 3.34. The maximum atomic E-state index is 10.9. The van der Waals surface area contributed by atoms with Crippen molar-refractivity contribution in [2.45, 2.75) is 6.04 Å².